The van der Waals surface area contributed by atoms with Gasteiger partial charge >= 0.3 is 0 Å². The van der Waals surface area contributed by atoms with E-state index >= 15 is 0 Å². The molecule has 0 bridgehead atoms. The Hall–Kier alpha value is -2.22. The number of nitrogens with one attached hydrogen (secondary N) is 1. The van der Waals surface area contributed by atoms with Gasteiger partial charge in [-0.05, 0) is 32.8 Å². The number of rotatable bonds is 5. The van der Waals surface area contributed by atoms with Crippen LogP contribution in [-0.2, 0) is 12.8 Å². The Kier molecular flexibility index (Phi) is 3.93. The summed E-state index contributed by atoms with van der Waals surface area (Å²) in [6, 6.07) is 0. The van der Waals surface area contributed by atoms with Crippen molar-refractivity contribution in [1.29, 1.82) is 0 Å². The van der Waals surface area contributed by atoms with E-state index in [2.05, 4.69) is 25.3 Å². The maximum atomic E-state index is 5.31. The molecule has 0 unspecified atom stereocenters. The lowest BCUT2D eigenvalue weighted by molar-refractivity contribution is 0.378. The van der Waals surface area contributed by atoms with E-state index in [1.54, 1.807) is 7.11 Å². The largest absolute Gasteiger partial charge is 0.480 e. The quantitative estimate of drug-likeness (QED) is 0.777. The minimum Gasteiger partial charge on any atom is -0.480 e. The molecule has 7 nitrogen and oxygen atoms in total. The van der Waals surface area contributed by atoms with Gasteiger partial charge in [-0.2, -0.15) is 15.1 Å². The molecule has 0 fully saturated rings. The molecule has 3 rings (SSSR count). The fourth-order valence-electron chi connectivity index (χ4n) is 2.29. The van der Waals surface area contributed by atoms with Crippen molar-refractivity contribution in [2.45, 2.75) is 33.6 Å². The van der Waals surface area contributed by atoms with Crippen LogP contribution < -0.4 is 4.74 Å². The lowest BCUT2D eigenvalue weighted by Crippen LogP contribution is -1.94. The summed E-state index contributed by atoms with van der Waals surface area (Å²) >= 11 is 1.49. The molecule has 0 radical (unpaired) electrons. The van der Waals surface area contributed by atoms with Crippen LogP contribution in [0.25, 0.3) is 10.8 Å². The molecule has 0 aliphatic heterocycles. The van der Waals surface area contributed by atoms with Gasteiger partial charge < -0.3 is 9.26 Å². The van der Waals surface area contributed by atoms with Gasteiger partial charge in [0.1, 0.15) is 0 Å². The van der Waals surface area contributed by atoms with E-state index in [0.717, 1.165) is 22.7 Å². The van der Waals surface area contributed by atoms with Crippen LogP contribution in [0.3, 0.4) is 0 Å². The molecule has 3 aromatic rings. The third kappa shape index (κ3) is 2.74. The molecule has 0 saturated carbocycles. The van der Waals surface area contributed by atoms with E-state index in [0.29, 0.717) is 29.0 Å². The topological polar surface area (TPSA) is 89.7 Å². The van der Waals surface area contributed by atoms with Gasteiger partial charge in [0.25, 0.3) is 0 Å². The highest BCUT2D eigenvalue weighted by Gasteiger charge is 2.16. The molecule has 0 amide bonds. The van der Waals surface area contributed by atoms with Crippen molar-refractivity contribution < 1.29 is 9.26 Å². The molecule has 0 aliphatic rings. The van der Waals surface area contributed by atoms with Crippen molar-refractivity contribution in [2.24, 2.45) is 0 Å². The Labute approximate surface area is 131 Å². The normalized spacial score (nSPS) is 11.1. The summed E-state index contributed by atoms with van der Waals surface area (Å²) in [5.41, 5.74) is 3.29. The number of nitrogens with zero attached hydrogens (tertiary/aromatic N) is 4. The van der Waals surface area contributed by atoms with Crippen molar-refractivity contribution in [1.82, 2.24) is 25.3 Å². The lowest BCUT2D eigenvalue weighted by atomic mass is 10.1. The zero-order valence-electron chi connectivity index (χ0n) is 12.9. The number of thiazole rings is 1. The average Bonchev–Trinajstić information content (AvgIpc) is 3.18. The second-order valence-corrected chi connectivity index (χ2v) is 6.21. The van der Waals surface area contributed by atoms with Crippen LogP contribution in [0.15, 0.2) is 4.52 Å². The van der Waals surface area contributed by atoms with Crippen molar-refractivity contribution in [2.75, 3.05) is 7.11 Å². The van der Waals surface area contributed by atoms with E-state index in [-0.39, 0.29) is 0 Å². The Morgan fingerprint density at radius 1 is 1.18 bits per heavy atom. The Bertz CT molecular complexity index is 770. The predicted octanol–water partition coefficient (Wildman–Crippen LogP) is 2.64. The monoisotopic (exact) mass is 319 g/mol. The molecule has 8 heteroatoms. The number of aryl methyl sites for hydroxylation is 4. The SMILES string of the molecule is COc1nc(-c2noc(CCc3c(C)n[nH]c3C)n2)sc1C. The van der Waals surface area contributed by atoms with Crippen LogP contribution in [0.5, 0.6) is 5.88 Å². The molecule has 1 N–H and O–H groups in total. The average molecular weight is 319 g/mol. The molecule has 0 aliphatic carbocycles. The van der Waals surface area contributed by atoms with Crippen molar-refractivity contribution in [3.63, 3.8) is 0 Å². The second-order valence-electron chi connectivity index (χ2n) is 5.01. The van der Waals surface area contributed by atoms with E-state index in [1.807, 2.05) is 20.8 Å². The zero-order valence-corrected chi connectivity index (χ0v) is 13.7. The van der Waals surface area contributed by atoms with E-state index < -0.39 is 0 Å². The number of hydrogen-bond acceptors (Lipinski definition) is 7. The second kappa shape index (κ2) is 5.88. The molecular formula is C14H17N5O2S. The first-order chi connectivity index (χ1) is 10.6. The van der Waals surface area contributed by atoms with Gasteiger partial charge in [-0.15, -0.1) is 11.3 Å². The molecule has 0 spiro atoms. The van der Waals surface area contributed by atoms with Gasteiger partial charge in [-0.3, -0.25) is 5.10 Å². The Morgan fingerprint density at radius 2 is 2.00 bits per heavy atom. The molecule has 22 heavy (non-hydrogen) atoms. The fourth-order valence-corrected chi connectivity index (χ4v) is 3.09. The van der Waals surface area contributed by atoms with Crippen molar-refractivity contribution >= 4 is 11.3 Å². The first-order valence-corrected chi connectivity index (χ1v) is 7.75. The number of aromatic nitrogens is 5. The standard InChI is InChI=1S/C14H17N5O2S/c1-7-10(8(2)18-17-7)5-6-11-15-12(19-21-11)14-16-13(20-4)9(3)22-14/h5-6H2,1-4H3,(H,17,18). The van der Waals surface area contributed by atoms with Gasteiger partial charge in [-0.1, -0.05) is 5.16 Å². The summed E-state index contributed by atoms with van der Waals surface area (Å²) in [6.07, 6.45) is 1.49. The van der Waals surface area contributed by atoms with Crippen LogP contribution in [0.1, 0.15) is 27.7 Å². The smallest absolute Gasteiger partial charge is 0.231 e. The minimum absolute atomic E-state index is 0.507. The maximum absolute atomic E-state index is 5.31. The molecule has 0 saturated heterocycles. The summed E-state index contributed by atoms with van der Waals surface area (Å²) in [5, 5.41) is 11.9. The van der Waals surface area contributed by atoms with Gasteiger partial charge in [0.15, 0.2) is 5.01 Å². The van der Waals surface area contributed by atoms with Crippen LogP contribution in [0.4, 0.5) is 0 Å². The molecule has 3 heterocycles. The number of aromatic amines is 1. The number of methoxy groups -OCH3 is 1. The van der Waals surface area contributed by atoms with Crippen molar-refractivity contribution in [3.05, 3.63) is 27.7 Å². The van der Waals surface area contributed by atoms with Gasteiger partial charge in [0.2, 0.25) is 17.6 Å². The van der Waals surface area contributed by atoms with Gasteiger partial charge in [0, 0.05) is 12.1 Å². The van der Waals surface area contributed by atoms with Crippen molar-refractivity contribution in [3.8, 4) is 16.7 Å². The summed E-state index contributed by atoms with van der Waals surface area (Å²) in [4.78, 5) is 9.75. The van der Waals surface area contributed by atoms with Gasteiger partial charge in [-0.25, -0.2) is 0 Å². The molecule has 116 valence electrons. The van der Waals surface area contributed by atoms with Crippen LogP contribution in [-0.4, -0.2) is 32.4 Å². The lowest BCUT2D eigenvalue weighted by Gasteiger charge is -1.97. The summed E-state index contributed by atoms with van der Waals surface area (Å²) in [5.74, 6) is 1.71. The molecular weight excluding hydrogens is 302 g/mol. The van der Waals surface area contributed by atoms with E-state index in [4.69, 9.17) is 9.26 Å². The number of ether oxygens (including phenoxy) is 1. The third-order valence-corrected chi connectivity index (χ3v) is 4.42. The highest BCUT2D eigenvalue weighted by Crippen LogP contribution is 2.30. The summed E-state index contributed by atoms with van der Waals surface area (Å²) in [6.45, 7) is 5.95. The Balaban J connectivity index is 1.73. The Morgan fingerprint density at radius 3 is 2.64 bits per heavy atom. The van der Waals surface area contributed by atoms with E-state index in [9.17, 15) is 0 Å². The maximum Gasteiger partial charge on any atom is 0.231 e. The molecule has 0 atom stereocenters. The third-order valence-electron chi connectivity index (χ3n) is 3.48. The highest BCUT2D eigenvalue weighted by atomic mass is 32.1. The van der Waals surface area contributed by atoms with Crippen LogP contribution in [0.2, 0.25) is 0 Å². The molecule has 3 aromatic heterocycles. The summed E-state index contributed by atoms with van der Waals surface area (Å²) < 4.78 is 10.5. The number of hydrogen-bond donors (Lipinski definition) is 1. The van der Waals surface area contributed by atoms with Crippen LogP contribution >= 0.6 is 11.3 Å². The predicted molar refractivity (Wildman–Crippen MR) is 82.2 cm³/mol. The summed E-state index contributed by atoms with van der Waals surface area (Å²) in [7, 11) is 1.60. The first kappa shape index (κ1) is 14.7. The zero-order chi connectivity index (χ0) is 15.7. The van der Waals surface area contributed by atoms with Crippen LogP contribution in [0, 0.1) is 20.8 Å². The highest BCUT2D eigenvalue weighted by molar-refractivity contribution is 7.15. The first-order valence-electron chi connectivity index (χ1n) is 6.93. The van der Waals surface area contributed by atoms with E-state index in [1.165, 1.54) is 16.9 Å². The fraction of sp³-hybridized carbons (Fsp3) is 0.429. The minimum atomic E-state index is 0.507. The van der Waals surface area contributed by atoms with Gasteiger partial charge in [0.05, 0.1) is 17.7 Å². The molecule has 0 aromatic carbocycles. The number of H-pyrrole nitrogens is 1.